The maximum absolute atomic E-state index is 13.2. The van der Waals surface area contributed by atoms with Gasteiger partial charge < -0.3 is 14.3 Å². The van der Waals surface area contributed by atoms with E-state index in [1.54, 1.807) is 30.3 Å². The second-order valence-electron chi connectivity index (χ2n) is 7.43. The van der Waals surface area contributed by atoms with Gasteiger partial charge >= 0.3 is 12.4 Å². The first kappa shape index (κ1) is 23.3. The van der Waals surface area contributed by atoms with Crippen LogP contribution in [0.4, 0.5) is 26.3 Å². The predicted molar refractivity (Wildman–Crippen MR) is 99.3 cm³/mol. The molecule has 1 aliphatic rings. The van der Waals surface area contributed by atoms with Gasteiger partial charge in [0.25, 0.3) is 0 Å². The van der Waals surface area contributed by atoms with Crippen LogP contribution in [-0.4, -0.2) is 25.6 Å². The van der Waals surface area contributed by atoms with Gasteiger partial charge in [-0.2, -0.15) is 26.3 Å². The smallest absolute Gasteiger partial charge is 0.378 e. The molecule has 0 bridgehead atoms. The van der Waals surface area contributed by atoms with Crippen LogP contribution in [0.3, 0.4) is 0 Å². The average molecular weight is 446 g/mol. The van der Waals surface area contributed by atoms with Gasteiger partial charge in [0.15, 0.2) is 0 Å². The zero-order valence-corrected chi connectivity index (χ0v) is 16.4. The van der Waals surface area contributed by atoms with E-state index in [2.05, 4.69) is 0 Å². The predicted octanol–water partition coefficient (Wildman–Crippen LogP) is 5.80. The highest BCUT2D eigenvalue weighted by Gasteiger charge is 2.39. The van der Waals surface area contributed by atoms with Crippen LogP contribution in [0.2, 0.25) is 0 Å². The fourth-order valence-electron chi connectivity index (χ4n) is 3.74. The van der Waals surface area contributed by atoms with Crippen LogP contribution in [-0.2, 0) is 26.6 Å². The topological polar surface area (TPSA) is 35.5 Å². The van der Waals surface area contributed by atoms with Crippen LogP contribution in [0, 0.1) is 5.92 Å². The highest BCUT2D eigenvalue weighted by Crippen LogP contribution is 2.40. The van der Waals surface area contributed by atoms with E-state index in [-0.39, 0.29) is 24.8 Å². The Hall–Kier alpha value is -2.39. The molecule has 0 radical (unpaired) electrons. The molecular weight excluding hydrogens is 426 g/mol. The van der Waals surface area contributed by atoms with E-state index in [0.29, 0.717) is 12.1 Å². The molecule has 1 saturated heterocycles. The monoisotopic (exact) mass is 446 g/mol. The maximum Gasteiger partial charge on any atom is 0.416 e. The Bertz CT molecular complexity index is 862. The van der Waals surface area contributed by atoms with Gasteiger partial charge in [-0.1, -0.05) is 30.3 Å². The average Bonchev–Trinajstić information content (AvgIpc) is 2.72. The minimum absolute atomic E-state index is 0.0549. The Morgan fingerprint density at radius 2 is 1.55 bits per heavy atom. The van der Waals surface area contributed by atoms with Gasteiger partial charge in [0.1, 0.15) is 6.29 Å². The molecule has 4 atom stereocenters. The first-order valence-corrected chi connectivity index (χ1v) is 9.53. The van der Waals surface area contributed by atoms with E-state index >= 15 is 0 Å². The highest BCUT2D eigenvalue weighted by atomic mass is 19.4. The summed E-state index contributed by atoms with van der Waals surface area (Å²) in [5.74, 6) is -0.997. The lowest BCUT2D eigenvalue weighted by Gasteiger charge is -2.37. The van der Waals surface area contributed by atoms with Gasteiger partial charge in [0.05, 0.1) is 36.5 Å². The van der Waals surface area contributed by atoms with Gasteiger partial charge in [0.2, 0.25) is 0 Å². The fourth-order valence-corrected chi connectivity index (χ4v) is 3.74. The van der Waals surface area contributed by atoms with Crippen LogP contribution in [0.1, 0.15) is 41.2 Å². The number of alkyl halides is 6. The molecule has 0 amide bonds. The molecule has 3 rings (SSSR count). The molecule has 0 aromatic heterocycles. The Labute approximate surface area is 175 Å². The molecule has 3 nitrogen and oxygen atoms in total. The van der Waals surface area contributed by atoms with E-state index in [9.17, 15) is 31.1 Å². The van der Waals surface area contributed by atoms with Crippen molar-refractivity contribution in [1.29, 1.82) is 0 Å². The van der Waals surface area contributed by atoms with Crippen molar-refractivity contribution in [2.75, 3.05) is 13.2 Å². The Morgan fingerprint density at radius 1 is 0.968 bits per heavy atom. The van der Waals surface area contributed by atoms with Crippen molar-refractivity contribution >= 4 is 6.29 Å². The zero-order chi connectivity index (χ0) is 22.8. The molecule has 2 aromatic rings. The molecule has 1 fully saturated rings. The number of halogens is 6. The number of benzene rings is 2. The highest BCUT2D eigenvalue weighted by molar-refractivity contribution is 5.57. The normalized spacial score (nSPS) is 23.4. The second-order valence-corrected chi connectivity index (χ2v) is 7.43. The van der Waals surface area contributed by atoms with Gasteiger partial charge in [-0.05, 0) is 36.2 Å². The molecule has 9 heteroatoms. The number of hydrogen-bond donors (Lipinski definition) is 0. The Balaban J connectivity index is 1.93. The third-order valence-electron chi connectivity index (χ3n) is 5.27. The maximum atomic E-state index is 13.2. The summed E-state index contributed by atoms with van der Waals surface area (Å²) in [5, 5.41) is 0. The van der Waals surface area contributed by atoms with Crippen molar-refractivity contribution in [2.45, 2.75) is 37.4 Å². The third kappa shape index (κ3) is 5.46. The number of carbonyl (C=O) groups excluding carboxylic acids is 1. The quantitative estimate of drug-likeness (QED) is 0.430. The van der Waals surface area contributed by atoms with Gasteiger partial charge in [-0.15, -0.1) is 0 Å². The SMILES string of the molecule is C[C@@H](O[C@H]1COC[C@@H](C=O)[C@H]1c1ccccc1)c1cc(C(F)(F)F)cc(C(F)(F)F)c1. The minimum Gasteiger partial charge on any atom is -0.378 e. The van der Waals surface area contributed by atoms with E-state index in [1.165, 1.54) is 6.92 Å². The summed E-state index contributed by atoms with van der Waals surface area (Å²) < 4.78 is 90.3. The van der Waals surface area contributed by atoms with E-state index < -0.39 is 47.5 Å². The van der Waals surface area contributed by atoms with Gasteiger partial charge in [-0.3, -0.25) is 0 Å². The molecule has 2 aromatic carbocycles. The number of ether oxygens (including phenoxy) is 2. The van der Waals surface area contributed by atoms with Crippen molar-refractivity contribution in [1.82, 2.24) is 0 Å². The van der Waals surface area contributed by atoms with Crippen molar-refractivity contribution in [3.63, 3.8) is 0 Å². The molecule has 0 aliphatic carbocycles. The summed E-state index contributed by atoms with van der Waals surface area (Å²) >= 11 is 0. The number of rotatable bonds is 5. The fraction of sp³-hybridized carbons (Fsp3) is 0.409. The largest absolute Gasteiger partial charge is 0.416 e. The summed E-state index contributed by atoms with van der Waals surface area (Å²) in [7, 11) is 0. The first-order chi connectivity index (χ1) is 14.5. The molecule has 168 valence electrons. The molecule has 0 spiro atoms. The van der Waals surface area contributed by atoms with E-state index in [0.717, 1.165) is 11.8 Å². The number of aldehydes is 1. The standard InChI is InChI=1S/C22H20F6O3/c1-13(15-7-17(21(23,24)25)9-18(8-15)22(26,27)28)31-19-12-30-11-16(10-29)20(19)14-5-3-2-4-6-14/h2-10,13,16,19-20H,11-12H2,1H3/t13-,16-,19+,20-/m1/s1. The lowest BCUT2D eigenvalue weighted by molar-refractivity contribution is -0.144. The minimum atomic E-state index is -4.95. The van der Waals surface area contributed by atoms with Crippen molar-refractivity contribution < 1.29 is 40.6 Å². The van der Waals surface area contributed by atoms with Gasteiger partial charge in [0, 0.05) is 11.8 Å². The molecule has 1 heterocycles. The molecule has 1 aliphatic heterocycles. The van der Waals surface area contributed by atoms with Gasteiger partial charge in [-0.25, -0.2) is 0 Å². The first-order valence-electron chi connectivity index (χ1n) is 9.53. The van der Waals surface area contributed by atoms with Crippen LogP contribution < -0.4 is 0 Å². The summed E-state index contributed by atoms with van der Waals surface area (Å²) in [6.45, 7) is 1.58. The molecule has 0 N–H and O–H groups in total. The summed E-state index contributed by atoms with van der Waals surface area (Å²) in [6, 6.07) is 10.3. The van der Waals surface area contributed by atoms with Crippen LogP contribution in [0.5, 0.6) is 0 Å². The molecule has 31 heavy (non-hydrogen) atoms. The van der Waals surface area contributed by atoms with E-state index in [1.807, 2.05) is 0 Å². The summed E-state index contributed by atoms with van der Waals surface area (Å²) in [4.78, 5) is 11.6. The number of hydrogen-bond acceptors (Lipinski definition) is 3. The summed E-state index contributed by atoms with van der Waals surface area (Å²) in [6.07, 6.45) is -11.0. The summed E-state index contributed by atoms with van der Waals surface area (Å²) in [5.41, 5.74) is -2.29. The van der Waals surface area contributed by atoms with Crippen molar-refractivity contribution in [2.24, 2.45) is 5.92 Å². The van der Waals surface area contributed by atoms with Crippen molar-refractivity contribution in [3.05, 3.63) is 70.8 Å². The third-order valence-corrected chi connectivity index (χ3v) is 5.27. The van der Waals surface area contributed by atoms with Crippen LogP contribution >= 0.6 is 0 Å². The zero-order valence-electron chi connectivity index (χ0n) is 16.4. The molecule has 0 unspecified atom stereocenters. The Kier molecular flexibility index (Phi) is 6.76. The van der Waals surface area contributed by atoms with Crippen LogP contribution in [0.15, 0.2) is 48.5 Å². The second kappa shape index (κ2) is 9.00. The molecular formula is C22H20F6O3. The lowest BCUT2D eigenvalue weighted by atomic mass is 9.81. The Morgan fingerprint density at radius 3 is 2.06 bits per heavy atom. The number of carbonyl (C=O) groups is 1. The lowest BCUT2D eigenvalue weighted by Crippen LogP contribution is -2.40. The van der Waals surface area contributed by atoms with Crippen molar-refractivity contribution in [3.8, 4) is 0 Å². The van der Waals surface area contributed by atoms with Crippen LogP contribution in [0.25, 0.3) is 0 Å². The molecule has 0 saturated carbocycles. The van der Waals surface area contributed by atoms with E-state index in [4.69, 9.17) is 9.47 Å².